The molecule has 0 bridgehead atoms. The van der Waals surface area contributed by atoms with Crippen LogP contribution in [0.1, 0.15) is 21.7 Å². The first-order valence-electron chi connectivity index (χ1n) is 9.76. The zero-order valence-corrected chi connectivity index (χ0v) is 17.5. The van der Waals surface area contributed by atoms with Crippen LogP contribution < -0.4 is 4.90 Å². The summed E-state index contributed by atoms with van der Waals surface area (Å²) in [5.41, 5.74) is 1.96. The molecule has 0 atom stereocenters. The van der Waals surface area contributed by atoms with Gasteiger partial charge in [0.25, 0.3) is 5.91 Å². The molecule has 31 heavy (non-hydrogen) atoms. The van der Waals surface area contributed by atoms with E-state index in [0.29, 0.717) is 42.6 Å². The minimum Gasteiger partial charge on any atom is -0.368 e. The van der Waals surface area contributed by atoms with Crippen LogP contribution in [-0.2, 0) is 6.18 Å². The zero-order valence-electron chi connectivity index (χ0n) is 16.7. The molecule has 4 rings (SSSR count). The number of nitrogens with zero attached hydrogens (tertiary/aromatic N) is 4. The molecular formula is C22H20ClF3N4O. The fourth-order valence-corrected chi connectivity index (χ4v) is 3.75. The lowest BCUT2D eigenvalue weighted by Gasteiger charge is -2.36. The summed E-state index contributed by atoms with van der Waals surface area (Å²) in [4.78, 5) is 16.9. The summed E-state index contributed by atoms with van der Waals surface area (Å²) >= 11 is 5.96. The number of benzene rings is 2. The molecule has 2 heterocycles. The number of halogens is 4. The van der Waals surface area contributed by atoms with Gasteiger partial charge in [-0.2, -0.15) is 18.3 Å². The van der Waals surface area contributed by atoms with Crippen LogP contribution in [0.2, 0.25) is 5.02 Å². The first-order chi connectivity index (χ1) is 14.7. The van der Waals surface area contributed by atoms with Crippen molar-refractivity contribution in [2.45, 2.75) is 13.1 Å². The van der Waals surface area contributed by atoms with Crippen molar-refractivity contribution in [1.29, 1.82) is 0 Å². The molecule has 1 fully saturated rings. The number of aromatic nitrogens is 2. The van der Waals surface area contributed by atoms with E-state index in [9.17, 15) is 18.0 Å². The first-order valence-corrected chi connectivity index (χ1v) is 10.1. The van der Waals surface area contributed by atoms with E-state index >= 15 is 0 Å². The molecule has 1 amide bonds. The Morgan fingerprint density at radius 1 is 0.935 bits per heavy atom. The van der Waals surface area contributed by atoms with Crippen LogP contribution >= 0.6 is 11.6 Å². The second kappa shape index (κ2) is 8.26. The zero-order chi connectivity index (χ0) is 22.2. The summed E-state index contributed by atoms with van der Waals surface area (Å²) in [5.74, 6) is -0.136. The van der Waals surface area contributed by atoms with Gasteiger partial charge >= 0.3 is 6.18 Å². The minimum absolute atomic E-state index is 0.136. The van der Waals surface area contributed by atoms with Crippen LogP contribution in [0.4, 0.5) is 18.9 Å². The van der Waals surface area contributed by atoms with Crippen LogP contribution in [0.3, 0.4) is 0 Å². The molecule has 0 aliphatic carbocycles. The summed E-state index contributed by atoms with van der Waals surface area (Å²) in [6, 6.07) is 13.9. The number of aryl methyl sites for hydroxylation is 1. The number of amides is 1. The number of hydrogen-bond acceptors (Lipinski definition) is 3. The monoisotopic (exact) mass is 448 g/mol. The lowest BCUT2D eigenvalue weighted by molar-refractivity contribution is -0.137. The van der Waals surface area contributed by atoms with Gasteiger partial charge in [0.2, 0.25) is 0 Å². The highest BCUT2D eigenvalue weighted by Gasteiger charge is 2.31. The van der Waals surface area contributed by atoms with Crippen LogP contribution in [0, 0.1) is 6.92 Å². The summed E-state index contributed by atoms with van der Waals surface area (Å²) < 4.78 is 39.9. The Labute approximate surface area is 182 Å². The van der Waals surface area contributed by atoms with Crippen LogP contribution in [-0.4, -0.2) is 46.8 Å². The molecule has 1 aliphatic heterocycles. The Morgan fingerprint density at radius 2 is 1.52 bits per heavy atom. The average Bonchev–Trinajstić information content (AvgIpc) is 3.15. The molecule has 1 aliphatic rings. The number of carbonyl (C=O) groups excluding carboxylic acids is 1. The Bertz CT molecular complexity index is 1070. The van der Waals surface area contributed by atoms with E-state index in [1.54, 1.807) is 39.9 Å². The second-order valence-electron chi connectivity index (χ2n) is 7.38. The lowest BCUT2D eigenvalue weighted by Crippen LogP contribution is -2.49. The number of carbonyl (C=O) groups is 1. The van der Waals surface area contributed by atoms with E-state index in [0.717, 1.165) is 23.5 Å². The standard InChI is InChI=1S/C22H20ClF3N4O/c1-15-14-20(30(27-15)19-8-4-17(23)5-9-19)21(31)29-12-10-28(11-13-29)18-6-2-16(3-7-18)22(24,25)26/h2-9,14H,10-13H2,1H3. The highest BCUT2D eigenvalue weighted by Crippen LogP contribution is 2.30. The van der Waals surface area contributed by atoms with Crippen molar-refractivity contribution in [2.75, 3.05) is 31.1 Å². The van der Waals surface area contributed by atoms with Gasteiger partial charge in [0, 0.05) is 36.9 Å². The molecule has 0 N–H and O–H groups in total. The lowest BCUT2D eigenvalue weighted by atomic mass is 10.1. The molecule has 1 aromatic heterocycles. The smallest absolute Gasteiger partial charge is 0.368 e. The maximum Gasteiger partial charge on any atom is 0.416 e. The summed E-state index contributed by atoms with van der Waals surface area (Å²) in [7, 11) is 0. The van der Waals surface area contributed by atoms with Gasteiger partial charge in [-0.25, -0.2) is 4.68 Å². The van der Waals surface area contributed by atoms with E-state index in [1.165, 1.54) is 12.1 Å². The van der Waals surface area contributed by atoms with Gasteiger partial charge in [0.15, 0.2) is 0 Å². The highest BCUT2D eigenvalue weighted by molar-refractivity contribution is 6.30. The number of piperazine rings is 1. The average molecular weight is 449 g/mol. The Balaban J connectivity index is 1.46. The van der Waals surface area contributed by atoms with Crippen LogP contribution in [0.15, 0.2) is 54.6 Å². The first kappa shape index (κ1) is 21.2. The van der Waals surface area contributed by atoms with Gasteiger partial charge in [0.05, 0.1) is 16.9 Å². The predicted octanol–water partition coefficient (Wildman–Crippen LogP) is 4.82. The third kappa shape index (κ3) is 4.54. The molecule has 0 saturated carbocycles. The maximum atomic E-state index is 13.2. The fraction of sp³-hybridized carbons (Fsp3) is 0.273. The van der Waals surface area contributed by atoms with Crippen molar-refractivity contribution in [3.8, 4) is 5.69 Å². The number of alkyl halides is 3. The molecule has 1 saturated heterocycles. The molecule has 2 aromatic carbocycles. The molecule has 0 spiro atoms. The Morgan fingerprint density at radius 3 is 2.10 bits per heavy atom. The molecule has 5 nitrogen and oxygen atoms in total. The molecule has 3 aromatic rings. The summed E-state index contributed by atoms with van der Waals surface area (Å²) in [6.07, 6.45) is -4.35. The normalized spacial score (nSPS) is 14.7. The van der Waals surface area contributed by atoms with E-state index in [4.69, 9.17) is 11.6 Å². The summed E-state index contributed by atoms with van der Waals surface area (Å²) in [6.45, 7) is 3.82. The van der Waals surface area contributed by atoms with E-state index in [-0.39, 0.29) is 5.91 Å². The quantitative estimate of drug-likeness (QED) is 0.577. The van der Waals surface area contributed by atoms with Gasteiger partial charge in [-0.05, 0) is 61.5 Å². The van der Waals surface area contributed by atoms with Crippen molar-refractivity contribution in [3.63, 3.8) is 0 Å². The number of rotatable bonds is 3. The molecular weight excluding hydrogens is 429 g/mol. The molecule has 162 valence electrons. The minimum atomic E-state index is -4.35. The topological polar surface area (TPSA) is 41.4 Å². The SMILES string of the molecule is Cc1cc(C(=O)N2CCN(c3ccc(C(F)(F)F)cc3)CC2)n(-c2ccc(Cl)cc2)n1. The molecule has 0 radical (unpaired) electrons. The van der Waals surface area contributed by atoms with Crippen molar-refractivity contribution in [1.82, 2.24) is 14.7 Å². The Kier molecular flexibility index (Phi) is 5.66. The van der Waals surface area contributed by atoms with E-state index in [2.05, 4.69) is 5.10 Å². The van der Waals surface area contributed by atoms with Gasteiger partial charge in [-0.15, -0.1) is 0 Å². The van der Waals surface area contributed by atoms with Crippen molar-refractivity contribution in [3.05, 3.63) is 76.6 Å². The Hall–Kier alpha value is -3.00. The van der Waals surface area contributed by atoms with Gasteiger partial charge in [-0.1, -0.05) is 11.6 Å². The number of hydrogen-bond donors (Lipinski definition) is 0. The predicted molar refractivity (Wildman–Crippen MR) is 113 cm³/mol. The van der Waals surface area contributed by atoms with Crippen molar-refractivity contribution in [2.24, 2.45) is 0 Å². The van der Waals surface area contributed by atoms with Crippen LogP contribution in [0.5, 0.6) is 0 Å². The second-order valence-corrected chi connectivity index (χ2v) is 7.82. The van der Waals surface area contributed by atoms with E-state index in [1.807, 2.05) is 11.8 Å². The largest absolute Gasteiger partial charge is 0.416 e. The van der Waals surface area contributed by atoms with Crippen molar-refractivity contribution >= 4 is 23.2 Å². The maximum absolute atomic E-state index is 13.2. The number of anilines is 1. The third-order valence-electron chi connectivity index (χ3n) is 5.25. The fourth-order valence-electron chi connectivity index (χ4n) is 3.62. The van der Waals surface area contributed by atoms with Gasteiger partial charge in [-0.3, -0.25) is 4.79 Å². The third-order valence-corrected chi connectivity index (χ3v) is 5.50. The van der Waals surface area contributed by atoms with E-state index < -0.39 is 11.7 Å². The summed E-state index contributed by atoms with van der Waals surface area (Å²) in [5, 5.41) is 5.04. The van der Waals surface area contributed by atoms with Gasteiger partial charge in [0.1, 0.15) is 5.69 Å². The molecule has 0 unspecified atom stereocenters. The van der Waals surface area contributed by atoms with Crippen molar-refractivity contribution < 1.29 is 18.0 Å². The van der Waals surface area contributed by atoms with Gasteiger partial charge < -0.3 is 9.80 Å². The van der Waals surface area contributed by atoms with Crippen LogP contribution in [0.25, 0.3) is 5.69 Å². The highest BCUT2D eigenvalue weighted by atomic mass is 35.5. The molecule has 9 heteroatoms.